The summed E-state index contributed by atoms with van der Waals surface area (Å²) >= 11 is 6.53. The first-order valence-electron chi connectivity index (χ1n) is 8.74. The molecule has 20 heavy (non-hydrogen) atoms. The SMILES string of the molecule is CCC1(CC)C(Cl)CC1OC1CC(C)CCC1C(C)C. The van der Waals surface area contributed by atoms with E-state index in [0.29, 0.717) is 17.6 Å². The zero-order valence-electron chi connectivity index (χ0n) is 14.0. The average Bonchev–Trinajstić information content (AvgIpc) is 2.39. The monoisotopic (exact) mass is 300 g/mol. The predicted molar refractivity (Wildman–Crippen MR) is 87.3 cm³/mol. The molecule has 0 spiro atoms. The van der Waals surface area contributed by atoms with Gasteiger partial charge >= 0.3 is 0 Å². The molecule has 2 heteroatoms. The third-order valence-electron chi connectivity index (χ3n) is 6.30. The van der Waals surface area contributed by atoms with Gasteiger partial charge in [-0.25, -0.2) is 0 Å². The Morgan fingerprint density at radius 2 is 1.80 bits per heavy atom. The molecule has 0 amide bonds. The molecule has 0 radical (unpaired) electrons. The van der Waals surface area contributed by atoms with Gasteiger partial charge in [0, 0.05) is 10.8 Å². The highest BCUT2D eigenvalue weighted by Gasteiger charge is 2.53. The summed E-state index contributed by atoms with van der Waals surface area (Å²) in [6.45, 7) is 11.6. The van der Waals surface area contributed by atoms with Crippen LogP contribution in [0.5, 0.6) is 0 Å². The van der Waals surface area contributed by atoms with Crippen LogP contribution in [0.15, 0.2) is 0 Å². The van der Waals surface area contributed by atoms with Crippen LogP contribution in [0.4, 0.5) is 0 Å². The fourth-order valence-corrected chi connectivity index (χ4v) is 5.13. The second-order valence-corrected chi connectivity index (χ2v) is 8.16. The van der Waals surface area contributed by atoms with E-state index in [1.165, 1.54) is 19.3 Å². The van der Waals surface area contributed by atoms with Gasteiger partial charge in [-0.15, -0.1) is 11.6 Å². The van der Waals surface area contributed by atoms with Gasteiger partial charge in [0.2, 0.25) is 0 Å². The highest BCUT2D eigenvalue weighted by molar-refractivity contribution is 6.21. The second-order valence-electron chi connectivity index (χ2n) is 7.63. The number of halogens is 1. The lowest BCUT2D eigenvalue weighted by Gasteiger charge is -2.55. The molecular weight excluding hydrogens is 268 g/mol. The molecular formula is C18H33ClO. The quantitative estimate of drug-likeness (QED) is 0.596. The van der Waals surface area contributed by atoms with E-state index < -0.39 is 0 Å². The van der Waals surface area contributed by atoms with Crippen molar-refractivity contribution in [3.05, 3.63) is 0 Å². The lowest BCUT2D eigenvalue weighted by Crippen LogP contribution is -2.57. The number of hydrogen-bond donors (Lipinski definition) is 0. The Kier molecular flexibility index (Phi) is 5.46. The summed E-state index contributed by atoms with van der Waals surface area (Å²) in [7, 11) is 0. The third-order valence-corrected chi connectivity index (χ3v) is 6.92. The minimum Gasteiger partial charge on any atom is -0.374 e. The molecule has 0 aromatic rings. The Labute approximate surface area is 130 Å². The summed E-state index contributed by atoms with van der Waals surface area (Å²) in [6.07, 6.45) is 8.18. The fraction of sp³-hybridized carbons (Fsp3) is 1.00. The summed E-state index contributed by atoms with van der Waals surface area (Å²) in [5.74, 6) is 2.29. The number of hydrogen-bond acceptors (Lipinski definition) is 1. The Bertz CT molecular complexity index is 311. The van der Waals surface area contributed by atoms with Gasteiger partial charge in [-0.3, -0.25) is 0 Å². The molecule has 0 N–H and O–H groups in total. The molecule has 5 unspecified atom stereocenters. The van der Waals surface area contributed by atoms with Crippen LogP contribution < -0.4 is 0 Å². The summed E-state index contributed by atoms with van der Waals surface area (Å²) in [5, 5.41) is 0.320. The fourth-order valence-electron chi connectivity index (χ4n) is 4.52. The third kappa shape index (κ3) is 2.90. The molecule has 0 aromatic heterocycles. The van der Waals surface area contributed by atoms with Crippen LogP contribution in [0, 0.1) is 23.2 Å². The van der Waals surface area contributed by atoms with Gasteiger partial charge < -0.3 is 4.74 Å². The zero-order chi connectivity index (χ0) is 14.9. The number of ether oxygens (including phenoxy) is 1. The molecule has 0 aliphatic heterocycles. The maximum atomic E-state index is 6.66. The van der Waals surface area contributed by atoms with Crippen molar-refractivity contribution in [2.24, 2.45) is 23.2 Å². The summed E-state index contributed by atoms with van der Waals surface area (Å²) in [6, 6.07) is 0. The normalized spacial score (nSPS) is 40.6. The molecule has 2 fully saturated rings. The predicted octanol–water partition coefficient (Wildman–Crippen LogP) is 5.65. The minimum atomic E-state index is 0.240. The van der Waals surface area contributed by atoms with E-state index in [-0.39, 0.29) is 5.41 Å². The van der Waals surface area contributed by atoms with E-state index in [4.69, 9.17) is 16.3 Å². The van der Waals surface area contributed by atoms with Crippen molar-refractivity contribution in [3.8, 4) is 0 Å². The van der Waals surface area contributed by atoms with E-state index in [1.807, 2.05) is 0 Å². The first-order valence-corrected chi connectivity index (χ1v) is 9.17. The second kappa shape index (κ2) is 6.57. The lowest BCUT2D eigenvalue weighted by molar-refractivity contribution is -0.172. The van der Waals surface area contributed by atoms with Gasteiger partial charge in [-0.05, 0) is 49.9 Å². The summed E-state index contributed by atoms with van der Waals surface area (Å²) < 4.78 is 6.66. The number of alkyl halides is 1. The molecule has 2 aliphatic carbocycles. The molecule has 0 saturated heterocycles. The maximum Gasteiger partial charge on any atom is 0.0663 e. The van der Waals surface area contributed by atoms with Gasteiger partial charge in [0.05, 0.1) is 12.2 Å². The van der Waals surface area contributed by atoms with Crippen LogP contribution in [0.3, 0.4) is 0 Å². The molecule has 1 nitrogen and oxygen atoms in total. The average molecular weight is 301 g/mol. The van der Waals surface area contributed by atoms with Crippen LogP contribution in [-0.2, 0) is 4.74 Å². The Hall–Kier alpha value is 0.250. The van der Waals surface area contributed by atoms with Gasteiger partial charge in [0.25, 0.3) is 0 Å². The van der Waals surface area contributed by atoms with Crippen LogP contribution >= 0.6 is 11.6 Å². The van der Waals surface area contributed by atoms with E-state index >= 15 is 0 Å². The Balaban J connectivity index is 2.03. The van der Waals surface area contributed by atoms with Gasteiger partial charge in [-0.1, -0.05) is 41.0 Å². The van der Waals surface area contributed by atoms with Crippen molar-refractivity contribution < 1.29 is 4.74 Å². The van der Waals surface area contributed by atoms with Crippen molar-refractivity contribution in [2.75, 3.05) is 0 Å². The molecule has 2 saturated carbocycles. The topological polar surface area (TPSA) is 9.23 Å². The summed E-state index contributed by atoms with van der Waals surface area (Å²) in [5.41, 5.74) is 0.240. The maximum absolute atomic E-state index is 6.66. The Morgan fingerprint density at radius 1 is 1.15 bits per heavy atom. The zero-order valence-corrected chi connectivity index (χ0v) is 14.7. The van der Waals surface area contributed by atoms with Crippen molar-refractivity contribution in [1.29, 1.82) is 0 Å². The van der Waals surface area contributed by atoms with Crippen molar-refractivity contribution >= 4 is 11.6 Å². The van der Waals surface area contributed by atoms with E-state index in [1.54, 1.807) is 0 Å². The first-order chi connectivity index (χ1) is 9.44. The summed E-state index contributed by atoms with van der Waals surface area (Å²) in [4.78, 5) is 0. The smallest absolute Gasteiger partial charge is 0.0663 e. The van der Waals surface area contributed by atoms with Gasteiger partial charge in [0.15, 0.2) is 0 Å². The van der Waals surface area contributed by atoms with Crippen molar-refractivity contribution in [3.63, 3.8) is 0 Å². The molecule has 0 heterocycles. The van der Waals surface area contributed by atoms with Crippen LogP contribution in [-0.4, -0.2) is 17.6 Å². The van der Waals surface area contributed by atoms with Gasteiger partial charge in [0.1, 0.15) is 0 Å². The molecule has 2 rings (SSSR count). The number of rotatable bonds is 5. The minimum absolute atomic E-state index is 0.240. The molecule has 0 bridgehead atoms. The molecule has 2 aliphatic rings. The lowest BCUT2D eigenvalue weighted by atomic mass is 9.62. The molecule has 5 atom stereocenters. The highest BCUT2D eigenvalue weighted by Crippen LogP contribution is 2.53. The Morgan fingerprint density at radius 3 is 2.30 bits per heavy atom. The van der Waals surface area contributed by atoms with Crippen molar-refractivity contribution in [2.45, 2.75) is 90.7 Å². The van der Waals surface area contributed by atoms with Crippen LogP contribution in [0.1, 0.15) is 73.1 Å². The van der Waals surface area contributed by atoms with E-state index in [9.17, 15) is 0 Å². The first kappa shape index (κ1) is 16.6. The molecule has 0 aromatic carbocycles. The van der Waals surface area contributed by atoms with Gasteiger partial charge in [-0.2, -0.15) is 0 Å². The van der Waals surface area contributed by atoms with Crippen molar-refractivity contribution in [1.82, 2.24) is 0 Å². The van der Waals surface area contributed by atoms with E-state index in [2.05, 4.69) is 34.6 Å². The standard InChI is InChI=1S/C18H33ClO/c1-6-18(7-2)16(19)11-17(18)20-15-10-13(5)8-9-14(15)12(3)4/h12-17H,6-11H2,1-5H3. The van der Waals surface area contributed by atoms with Crippen LogP contribution in [0.2, 0.25) is 0 Å². The molecule has 118 valence electrons. The van der Waals surface area contributed by atoms with Crippen LogP contribution in [0.25, 0.3) is 0 Å². The largest absolute Gasteiger partial charge is 0.374 e. The van der Waals surface area contributed by atoms with E-state index in [0.717, 1.165) is 37.0 Å². The highest BCUT2D eigenvalue weighted by atomic mass is 35.5.